The molecule has 4 rings (SSSR count). The van der Waals surface area contributed by atoms with E-state index in [2.05, 4.69) is 27.9 Å². The number of thioether (sulfide) groups is 1. The van der Waals surface area contributed by atoms with Gasteiger partial charge >= 0.3 is 5.97 Å². The minimum atomic E-state index is -0.644. The van der Waals surface area contributed by atoms with E-state index in [1.54, 1.807) is 36.4 Å². The summed E-state index contributed by atoms with van der Waals surface area (Å²) in [6.45, 7) is -0.393. The summed E-state index contributed by atoms with van der Waals surface area (Å²) in [6.07, 6.45) is 1.53. The third-order valence-corrected chi connectivity index (χ3v) is 7.02. The fourth-order valence-corrected chi connectivity index (χ4v) is 4.80. The Morgan fingerprint density at radius 3 is 2.36 bits per heavy atom. The summed E-state index contributed by atoms with van der Waals surface area (Å²) in [5.41, 5.74) is 1.35. The van der Waals surface area contributed by atoms with Gasteiger partial charge in [-0.05, 0) is 101 Å². The number of hydrogen-bond donors (Lipinski definition) is 1. The molecule has 1 fully saturated rings. The topological polar surface area (TPSA) is 92.8 Å². The molecule has 11 heteroatoms. The van der Waals surface area contributed by atoms with Gasteiger partial charge in [0, 0.05) is 14.3 Å². The third kappa shape index (κ3) is 6.47. The molecule has 0 aromatic heterocycles. The first-order valence-electron chi connectivity index (χ1n) is 10.3. The van der Waals surface area contributed by atoms with Gasteiger partial charge in [0.15, 0.2) is 0 Å². The summed E-state index contributed by atoms with van der Waals surface area (Å²) in [6, 6.07) is 17.9. The average Bonchev–Trinajstić information content (AvgIpc) is 3.09. The molecule has 1 N–H and O–H groups in total. The van der Waals surface area contributed by atoms with E-state index in [0.717, 1.165) is 20.2 Å². The predicted octanol–water partition coefficient (Wildman–Crippen LogP) is 6.49. The summed E-state index contributed by atoms with van der Waals surface area (Å²) in [5, 5.41) is 2.71. The molecule has 0 atom stereocenters. The minimum Gasteiger partial charge on any atom is -0.423 e. The number of esters is 1. The summed E-state index contributed by atoms with van der Waals surface area (Å²) >= 11 is 14.8. The number of hydrogen-bond acceptors (Lipinski definition) is 6. The first kappa shape index (κ1) is 26.2. The normalized spacial score (nSPS) is 14.3. The molecule has 182 valence electrons. The maximum atomic E-state index is 12.7. The molecule has 1 saturated heterocycles. The molecule has 36 heavy (non-hydrogen) atoms. The lowest BCUT2D eigenvalue weighted by Crippen LogP contribution is -2.36. The van der Waals surface area contributed by atoms with Crippen molar-refractivity contribution in [3.63, 3.8) is 0 Å². The quantitative estimate of drug-likeness (QED) is 0.142. The highest BCUT2D eigenvalue weighted by molar-refractivity contribution is 14.1. The third-order valence-electron chi connectivity index (χ3n) is 4.84. The second kappa shape index (κ2) is 11.5. The van der Waals surface area contributed by atoms with Crippen LogP contribution in [0.1, 0.15) is 15.9 Å². The number of rotatable bonds is 6. The highest BCUT2D eigenvalue weighted by Crippen LogP contribution is 2.32. The summed E-state index contributed by atoms with van der Waals surface area (Å²) in [4.78, 5) is 50.8. The SMILES string of the molecule is O=C(CN1C(=O)S/C(=C\c2ccc(OC(=O)c3ccc(Cl)cc3Cl)cc2)C1=O)Nc1ccc(I)cc1. The smallest absolute Gasteiger partial charge is 0.345 e. The van der Waals surface area contributed by atoms with Gasteiger partial charge in [-0.3, -0.25) is 19.3 Å². The Kier molecular flexibility index (Phi) is 8.35. The number of nitrogens with one attached hydrogen (secondary N) is 1. The molecule has 0 spiro atoms. The van der Waals surface area contributed by atoms with Crippen LogP contribution in [0, 0.1) is 3.57 Å². The lowest BCUT2D eigenvalue weighted by Gasteiger charge is -2.12. The number of ether oxygens (including phenoxy) is 1. The molecule has 0 unspecified atom stereocenters. The van der Waals surface area contributed by atoms with Crippen molar-refractivity contribution in [3.05, 3.63) is 96.4 Å². The lowest BCUT2D eigenvalue weighted by molar-refractivity contribution is -0.127. The van der Waals surface area contributed by atoms with Crippen LogP contribution in [0.15, 0.2) is 71.6 Å². The minimum absolute atomic E-state index is 0.171. The highest BCUT2D eigenvalue weighted by atomic mass is 127. The Labute approximate surface area is 233 Å². The molecule has 7 nitrogen and oxygen atoms in total. The Bertz CT molecular complexity index is 1390. The van der Waals surface area contributed by atoms with Gasteiger partial charge < -0.3 is 10.1 Å². The zero-order chi connectivity index (χ0) is 25.8. The zero-order valence-electron chi connectivity index (χ0n) is 18.2. The van der Waals surface area contributed by atoms with Crippen LogP contribution in [0.25, 0.3) is 6.08 Å². The molecule has 3 aromatic rings. The number of imide groups is 1. The van der Waals surface area contributed by atoms with Crippen molar-refractivity contribution in [1.29, 1.82) is 0 Å². The van der Waals surface area contributed by atoms with Crippen LogP contribution in [-0.2, 0) is 9.59 Å². The molecule has 1 heterocycles. The number of halogens is 3. The van der Waals surface area contributed by atoms with Crippen molar-refractivity contribution in [2.75, 3.05) is 11.9 Å². The Hall–Kier alpha value is -2.86. The highest BCUT2D eigenvalue weighted by Gasteiger charge is 2.36. The van der Waals surface area contributed by atoms with Gasteiger partial charge in [-0.1, -0.05) is 35.3 Å². The molecule has 3 amide bonds. The molecule has 0 aliphatic carbocycles. The maximum absolute atomic E-state index is 12.7. The summed E-state index contributed by atoms with van der Waals surface area (Å²) in [5.74, 6) is -1.42. The van der Waals surface area contributed by atoms with Crippen LogP contribution in [0.4, 0.5) is 10.5 Å². The Morgan fingerprint density at radius 1 is 1.00 bits per heavy atom. The van der Waals surface area contributed by atoms with Crippen molar-refractivity contribution in [3.8, 4) is 5.75 Å². The second-order valence-electron chi connectivity index (χ2n) is 7.41. The molecule has 3 aromatic carbocycles. The van der Waals surface area contributed by atoms with E-state index in [1.165, 1.54) is 24.3 Å². The molecular weight excluding hydrogens is 638 g/mol. The standard InChI is InChI=1S/C25H15Cl2IN2O5S/c26-15-3-10-19(20(27)12-15)24(33)35-18-8-1-14(2-9-18)11-21-23(32)30(25(34)36-21)13-22(31)29-17-6-4-16(28)5-7-17/h1-12H,13H2,(H,29,31)/b21-11-. The first-order valence-corrected chi connectivity index (χ1v) is 12.9. The number of nitrogens with zero attached hydrogens (tertiary/aromatic N) is 1. The predicted molar refractivity (Wildman–Crippen MR) is 148 cm³/mol. The van der Waals surface area contributed by atoms with E-state index >= 15 is 0 Å². The van der Waals surface area contributed by atoms with E-state index in [1.807, 2.05) is 12.1 Å². The molecule has 0 radical (unpaired) electrons. The lowest BCUT2D eigenvalue weighted by atomic mass is 10.2. The average molecular weight is 653 g/mol. The van der Waals surface area contributed by atoms with Gasteiger partial charge in [0.1, 0.15) is 12.3 Å². The van der Waals surface area contributed by atoms with Crippen molar-refractivity contribution < 1.29 is 23.9 Å². The number of anilines is 1. The van der Waals surface area contributed by atoms with Crippen molar-refractivity contribution >= 4 is 92.3 Å². The summed E-state index contributed by atoms with van der Waals surface area (Å²) < 4.78 is 6.35. The van der Waals surface area contributed by atoms with Crippen molar-refractivity contribution in [2.45, 2.75) is 0 Å². The first-order chi connectivity index (χ1) is 17.2. The van der Waals surface area contributed by atoms with Crippen LogP contribution in [-0.4, -0.2) is 34.5 Å². The molecule has 0 bridgehead atoms. The van der Waals surface area contributed by atoms with Gasteiger partial charge in [-0.15, -0.1) is 0 Å². The van der Waals surface area contributed by atoms with Gasteiger partial charge in [0.25, 0.3) is 11.1 Å². The Morgan fingerprint density at radius 2 is 1.69 bits per heavy atom. The van der Waals surface area contributed by atoms with Crippen LogP contribution >= 0.6 is 57.6 Å². The molecule has 1 aliphatic heterocycles. The molecule has 0 saturated carbocycles. The van der Waals surface area contributed by atoms with E-state index in [4.69, 9.17) is 27.9 Å². The van der Waals surface area contributed by atoms with Crippen LogP contribution in [0.2, 0.25) is 10.0 Å². The van der Waals surface area contributed by atoms with E-state index in [0.29, 0.717) is 16.3 Å². The fraction of sp³-hybridized carbons (Fsp3) is 0.0400. The number of amides is 3. The van der Waals surface area contributed by atoms with Gasteiger partial charge in [0.2, 0.25) is 5.91 Å². The number of carbonyl (C=O) groups is 4. The van der Waals surface area contributed by atoms with Gasteiger partial charge in [-0.25, -0.2) is 4.79 Å². The van der Waals surface area contributed by atoms with Crippen LogP contribution in [0.3, 0.4) is 0 Å². The van der Waals surface area contributed by atoms with E-state index < -0.39 is 29.6 Å². The maximum Gasteiger partial charge on any atom is 0.345 e. The van der Waals surface area contributed by atoms with E-state index in [9.17, 15) is 19.2 Å². The largest absolute Gasteiger partial charge is 0.423 e. The van der Waals surface area contributed by atoms with Crippen LogP contribution < -0.4 is 10.1 Å². The van der Waals surface area contributed by atoms with Gasteiger partial charge in [0.05, 0.1) is 15.5 Å². The fourth-order valence-electron chi connectivity index (χ4n) is 3.11. The van der Waals surface area contributed by atoms with Crippen molar-refractivity contribution in [1.82, 2.24) is 4.90 Å². The zero-order valence-corrected chi connectivity index (χ0v) is 22.7. The van der Waals surface area contributed by atoms with E-state index in [-0.39, 0.29) is 21.2 Å². The number of carbonyl (C=O) groups excluding carboxylic acids is 4. The second-order valence-corrected chi connectivity index (χ2v) is 10.5. The number of benzene rings is 3. The Balaban J connectivity index is 1.38. The summed E-state index contributed by atoms with van der Waals surface area (Å²) in [7, 11) is 0. The monoisotopic (exact) mass is 652 g/mol. The molecular formula is C25H15Cl2IN2O5S. The molecule has 1 aliphatic rings. The van der Waals surface area contributed by atoms with Crippen molar-refractivity contribution in [2.24, 2.45) is 0 Å². The van der Waals surface area contributed by atoms with Gasteiger partial charge in [-0.2, -0.15) is 0 Å². The van der Waals surface area contributed by atoms with Crippen LogP contribution in [0.5, 0.6) is 5.75 Å².